The van der Waals surface area contributed by atoms with E-state index in [1.165, 1.54) is 18.3 Å². The lowest BCUT2D eigenvalue weighted by molar-refractivity contribution is -0.119. The first-order chi connectivity index (χ1) is 5.63. The molecule has 1 aromatic rings. The summed E-state index contributed by atoms with van der Waals surface area (Å²) in [7, 11) is 0. The van der Waals surface area contributed by atoms with Crippen LogP contribution in [-0.2, 0) is 4.79 Å². The molecule has 0 aromatic carbocycles. The Balaban J connectivity index is 2.79. The smallest absolute Gasteiger partial charge is 0.228 e. The van der Waals surface area contributed by atoms with Crippen molar-refractivity contribution in [1.29, 1.82) is 0 Å². The van der Waals surface area contributed by atoms with Crippen molar-refractivity contribution in [2.24, 2.45) is 11.7 Å². The van der Waals surface area contributed by atoms with Crippen molar-refractivity contribution in [3.63, 3.8) is 0 Å². The Bertz CT molecular complexity index is 292. The standard InChI is InChI=1S/C8H9NO2S/c1-5(8(9)11)7(10)6-3-2-4-12-6/h2-5H,1H3,(H2,9,11). The molecule has 0 saturated carbocycles. The minimum absolute atomic E-state index is 0.197. The normalized spacial score (nSPS) is 12.4. The number of hydrogen-bond acceptors (Lipinski definition) is 3. The van der Waals surface area contributed by atoms with E-state index in [0.717, 1.165) is 0 Å². The third-order valence-electron chi connectivity index (χ3n) is 1.58. The summed E-state index contributed by atoms with van der Waals surface area (Å²) in [5, 5.41) is 1.79. The molecule has 3 nitrogen and oxygen atoms in total. The zero-order chi connectivity index (χ0) is 9.14. The monoisotopic (exact) mass is 183 g/mol. The van der Waals surface area contributed by atoms with Crippen LogP contribution >= 0.6 is 11.3 Å². The highest BCUT2D eigenvalue weighted by molar-refractivity contribution is 7.12. The Labute approximate surface area is 74.2 Å². The Morgan fingerprint density at radius 1 is 1.58 bits per heavy atom. The average Bonchev–Trinajstić information content (AvgIpc) is 2.53. The van der Waals surface area contributed by atoms with Crippen LogP contribution in [0.3, 0.4) is 0 Å². The fraction of sp³-hybridized carbons (Fsp3) is 0.250. The number of thiophene rings is 1. The van der Waals surface area contributed by atoms with Crippen molar-refractivity contribution in [2.75, 3.05) is 0 Å². The summed E-state index contributed by atoms with van der Waals surface area (Å²) >= 11 is 1.32. The number of rotatable bonds is 3. The summed E-state index contributed by atoms with van der Waals surface area (Å²) in [5.74, 6) is -1.49. The quantitative estimate of drug-likeness (QED) is 0.562. The first-order valence-electron chi connectivity index (χ1n) is 3.50. The number of nitrogens with two attached hydrogens (primary N) is 1. The van der Waals surface area contributed by atoms with E-state index in [1.807, 2.05) is 0 Å². The summed E-state index contributed by atoms with van der Waals surface area (Å²) in [5.41, 5.74) is 4.99. The number of amides is 1. The number of primary amides is 1. The van der Waals surface area contributed by atoms with Gasteiger partial charge in [0.25, 0.3) is 0 Å². The van der Waals surface area contributed by atoms with Crippen LogP contribution in [0, 0.1) is 5.92 Å². The molecule has 0 aliphatic carbocycles. The van der Waals surface area contributed by atoms with Crippen molar-refractivity contribution >= 4 is 23.0 Å². The number of ketones is 1. The largest absolute Gasteiger partial charge is 0.369 e. The van der Waals surface area contributed by atoms with Crippen molar-refractivity contribution in [3.8, 4) is 0 Å². The van der Waals surface area contributed by atoms with Gasteiger partial charge in [0, 0.05) is 0 Å². The second-order valence-electron chi connectivity index (χ2n) is 2.47. The maximum Gasteiger partial charge on any atom is 0.228 e. The van der Waals surface area contributed by atoms with Crippen LogP contribution in [0.15, 0.2) is 17.5 Å². The highest BCUT2D eigenvalue weighted by atomic mass is 32.1. The van der Waals surface area contributed by atoms with Gasteiger partial charge in [-0.3, -0.25) is 9.59 Å². The van der Waals surface area contributed by atoms with Crippen LogP contribution in [0.5, 0.6) is 0 Å². The topological polar surface area (TPSA) is 60.2 Å². The second-order valence-corrected chi connectivity index (χ2v) is 3.41. The summed E-state index contributed by atoms with van der Waals surface area (Å²) in [6, 6.07) is 3.46. The third kappa shape index (κ3) is 1.71. The van der Waals surface area contributed by atoms with Crippen LogP contribution in [-0.4, -0.2) is 11.7 Å². The van der Waals surface area contributed by atoms with E-state index in [0.29, 0.717) is 4.88 Å². The van der Waals surface area contributed by atoms with E-state index < -0.39 is 11.8 Å². The molecule has 0 saturated heterocycles. The molecule has 0 aliphatic rings. The summed E-state index contributed by atoms with van der Waals surface area (Å²) in [6.07, 6.45) is 0. The zero-order valence-electron chi connectivity index (χ0n) is 6.61. The van der Waals surface area contributed by atoms with E-state index in [2.05, 4.69) is 0 Å². The Kier molecular flexibility index (Phi) is 2.60. The minimum Gasteiger partial charge on any atom is -0.369 e. The molecule has 0 aliphatic heterocycles. The van der Waals surface area contributed by atoms with Gasteiger partial charge in [-0.25, -0.2) is 0 Å². The average molecular weight is 183 g/mol. The third-order valence-corrected chi connectivity index (χ3v) is 2.47. The fourth-order valence-electron chi connectivity index (χ4n) is 0.761. The molecule has 0 radical (unpaired) electrons. The number of carbonyl (C=O) groups excluding carboxylic acids is 2. The SMILES string of the molecule is CC(C(N)=O)C(=O)c1cccs1. The highest BCUT2D eigenvalue weighted by Crippen LogP contribution is 2.13. The molecule has 1 amide bonds. The van der Waals surface area contributed by atoms with E-state index in [9.17, 15) is 9.59 Å². The number of carbonyl (C=O) groups is 2. The van der Waals surface area contributed by atoms with Gasteiger partial charge in [0.1, 0.15) is 0 Å². The summed E-state index contributed by atoms with van der Waals surface area (Å²) in [6.45, 7) is 1.52. The molecule has 12 heavy (non-hydrogen) atoms. The van der Waals surface area contributed by atoms with Crippen LogP contribution in [0.2, 0.25) is 0 Å². The summed E-state index contributed by atoms with van der Waals surface area (Å²) in [4.78, 5) is 22.6. The molecule has 0 fully saturated rings. The Morgan fingerprint density at radius 2 is 2.25 bits per heavy atom. The van der Waals surface area contributed by atoms with Gasteiger partial charge in [-0.05, 0) is 18.4 Å². The first kappa shape index (κ1) is 8.93. The van der Waals surface area contributed by atoms with Crippen LogP contribution in [0.4, 0.5) is 0 Å². The molecule has 0 bridgehead atoms. The molecule has 2 N–H and O–H groups in total. The minimum atomic E-state index is -0.719. The van der Waals surface area contributed by atoms with Crippen molar-refractivity contribution in [2.45, 2.75) is 6.92 Å². The highest BCUT2D eigenvalue weighted by Gasteiger charge is 2.20. The maximum absolute atomic E-state index is 11.4. The molecular formula is C8H9NO2S. The molecule has 4 heteroatoms. The number of Topliss-reactive ketones (excluding diaryl/α,β-unsaturated/α-hetero) is 1. The molecule has 0 spiro atoms. The van der Waals surface area contributed by atoms with Crippen molar-refractivity contribution in [1.82, 2.24) is 0 Å². The predicted octanol–water partition coefficient (Wildman–Crippen LogP) is 1.05. The molecule has 1 aromatic heterocycles. The van der Waals surface area contributed by atoms with E-state index >= 15 is 0 Å². The zero-order valence-corrected chi connectivity index (χ0v) is 7.43. The maximum atomic E-state index is 11.4. The molecule has 1 rings (SSSR count). The van der Waals surface area contributed by atoms with Gasteiger partial charge in [0.05, 0.1) is 10.8 Å². The second kappa shape index (κ2) is 3.49. The lowest BCUT2D eigenvalue weighted by Crippen LogP contribution is -2.27. The van der Waals surface area contributed by atoms with Gasteiger partial charge < -0.3 is 5.73 Å². The van der Waals surface area contributed by atoms with E-state index in [1.54, 1.807) is 17.5 Å². The molecule has 1 atom stereocenters. The lowest BCUT2D eigenvalue weighted by Gasteiger charge is -2.02. The summed E-state index contributed by atoms with van der Waals surface area (Å²) < 4.78 is 0. The van der Waals surface area contributed by atoms with Gasteiger partial charge in [0.2, 0.25) is 5.91 Å². The first-order valence-corrected chi connectivity index (χ1v) is 4.38. The number of hydrogen-bond donors (Lipinski definition) is 1. The van der Waals surface area contributed by atoms with Gasteiger partial charge in [-0.1, -0.05) is 6.07 Å². The van der Waals surface area contributed by atoms with E-state index in [4.69, 9.17) is 5.73 Å². The molecular weight excluding hydrogens is 174 g/mol. The van der Waals surface area contributed by atoms with Gasteiger partial charge in [-0.15, -0.1) is 11.3 Å². The van der Waals surface area contributed by atoms with Crippen LogP contribution in [0.1, 0.15) is 16.6 Å². The van der Waals surface area contributed by atoms with E-state index in [-0.39, 0.29) is 5.78 Å². The van der Waals surface area contributed by atoms with Gasteiger partial charge >= 0.3 is 0 Å². The molecule has 64 valence electrons. The molecule has 1 unspecified atom stereocenters. The fourth-order valence-corrected chi connectivity index (χ4v) is 1.52. The predicted molar refractivity (Wildman–Crippen MR) is 47.0 cm³/mol. The van der Waals surface area contributed by atoms with Crippen LogP contribution < -0.4 is 5.73 Å². The van der Waals surface area contributed by atoms with Gasteiger partial charge in [0.15, 0.2) is 5.78 Å². The Hall–Kier alpha value is -1.16. The Morgan fingerprint density at radius 3 is 2.67 bits per heavy atom. The van der Waals surface area contributed by atoms with Crippen LogP contribution in [0.25, 0.3) is 0 Å². The molecule has 1 heterocycles. The van der Waals surface area contributed by atoms with Crippen molar-refractivity contribution < 1.29 is 9.59 Å². The van der Waals surface area contributed by atoms with Gasteiger partial charge in [-0.2, -0.15) is 0 Å². The van der Waals surface area contributed by atoms with Crippen molar-refractivity contribution in [3.05, 3.63) is 22.4 Å². The lowest BCUT2D eigenvalue weighted by atomic mass is 10.1.